The van der Waals surface area contributed by atoms with E-state index in [0.29, 0.717) is 25.1 Å². The smallest absolute Gasteiger partial charge is 0.319 e. The van der Waals surface area contributed by atoms with E-state index in [4.69, 9.17) is 0 Å². The quantitative estimate of drug-likeness (QED) is 0.748. The van der Waals surface area contributed by atoms with Crippen LogP contribution in [0.3, 0.4) is 0 Å². The standard InChI is InChI=1S/C19H25FN4O3/c1-10(2)6-15-18(26)24-9-13(8-16(24)17(25)22-15)21-19(27)23-14-7-12(20)5-4-11(14)3/h4-5,7,10,13,15-16H,6,8-9H2,1-3H3,(H,22,25)(H2,21,23,27)/t13-,15-,16-/m0/s1. The summed E-state index contributed by atoms with van der Waals surface area (Å²) in [5, 5.41) is 8.20. The molecule has 8 heteroatoms. The number of aryl methyl sites for hydroxylation is 1. The Labute approximate surface area is 157 Å². The van der Waals surface area contributed by atoms with Crippen LogP contribution < -0.4 is 16.0 Å². The summed E-state index contributed by atoms with van der Waals surface area (Å²) in [6, 6.07) is 2.28. The second kappa shape index (κ2) is 7.54. The Morgan fingerprint density at radius 2 is 2.11 bits per heavy atom. The van der Waals surface area contributed by atoms with Gasteiger partial charge in [0, 0.05) is 12.2 Å². The molecule has 0 aromatic heterocycles. The minimum atomic E-state index is -0.554. The molecule has 2 aliphatic heterocycles. The highest BCUT2D eigenvalue weighted by Gasteiger charge is 2.46. The molecule has 0 unspecified atom stereocenters. The third kappa shape index (κ3) is 4.20. The van der Waals surface area contributed by atoms with Gasteiger partial charge in [0.05, 0.1) is 6.04 Å². The number of fused-ring (bicyclic) bond motifs is 1. The van der Waals surface area contributed by atoms with Gasteiger partial charge in [-0.15, -0.1) is 0 Å². The summed E-state index contributed by atoms with van der Waals surface area (Å²) in [6.07, 6.45) is 0.951. The van der Waals surface area contributed by atoms with E-state index in [1.54, 1.807) is 17.9 Å². The van der Waals surface area contributed by atoms with E-state index < -0.39 is 23.9 Å². The summed E-state index contributed by atoms with van der Waals surface area (Å²) in [7, 11) is 0. The summed E-state index contributed by atoms with van der Waals surface area (Å²) in [6.45, 7) is 6.06. The lowest BCUT2D eigenvalue weighted by atomic mass is 9.99. The van der Waals surface area contributed by atoms with Crippen molar-refractivity contribution in [1.29, 1.82) is 0 Å². The van der Waals surface area contributed by atoms with Crippen molar-refractivity contribution in [3.63, 3.8) is 0 Å². The van der Waals surface area contributed by atoms with Crippen LogP contribution in [0.25, 0.3) is 0 Å². The Morgan fingerprint density at radius 1 is 1.37 bits per heavy atom. The second-order valence-electron chi connectivity index (χ2n) is 7.69. The summed E-state index contributed by atoms with van der Waals surface area (Å²) in [5.74, 6) is -0.426. The molecule has 1 aromatic rings. The SMILES string of the molecule is Cc1ccc(F)cc1NC(=O)N[C@H]1C[C@H]2C(=O)N[C@@H](CC(C)C)C(=O)N2C1. The molecule has 3 atom stereocenters. The number of rotatable bonds is 4. The van der Waals surface area contributed by atoms with Gasteiger partial charge < -0.3 is 20.9 Å². The number of amides is 4. The monoisotopic (exact) mass is 376 g/mol. The van der Waals surface area contributed by atoms with Crippen LogP contribution in [-0.2, 0) is 9.59 Å². The normalized spacial score (nSPS) is 24.6. The number of carbonyl (C=O) groups is 3. The number of benzene rings is 1. The van der Waals surface area contributed by atoms with Gasteiger partial charge in [0.2, 0.25) is 11.8 Å². The highest BCUT2D eigenvalue weighted by Crippen LogP contribution is 2.25. The largest absolute Gasteiger partial charge is 0.342 e. The van der Waals surface area contributed by atoms with Crippen molar-refractivity contribution in [2.45, 2.75) is 51.7 Å². The fourth-order valence-electron chi connectivity index (χ4n) is 3.67. The Bertz CT molecular complexity index is 767. The van der Waals surface area contributed by atoms with Crippen LogP contribution in [0.2, 0.25) is 0 Å². The Balaban J connectivity index is 1.62. The van der Waals surface area contributed by atoms with E-state index in [1.807, 2.05) is 13.8 Å². The summed E-state index contributed by atoms with van der Waals surface area (Å²) >= 11 is 0. The van der Waals surface area contributed by atoms with Gasteiger partial charge in [-0.2, -0.15) is 0 Å². The molecule has 3 rings (SSSR count). The lowest BCUT2D eigenvalue weighted by Gasteiger charge is -2.35. The van der Waals surface area contributed by atoms with Crippen molar-refractivity contribution < 1.29 is 18.8 Å². The second-order valence-corrected chi connectivity index (χ2v) is 7.69. The molecule has 2 saturated heterocycles. The van der Waals surface area contributed by atoms with Crippen LogP contribution in [-0.4, -0.2) is 47.4 Å². The molecule has 0 spiro atoms. The lowest BCUT2D eigenvalue weighted by Crippen LogP contribution is -2.61. The predicted molar refractivity (Wildman–Crippen MR) is 98.6 cm³/mol. The highest BCUT2D eigenvalue weighted by atomic mass is 19.1. The zero-order valence-electron chi connectivity index (χ0n) is 15.7. The number of hydrogen-bond donors (Lipinski definition) is 3. The van der Waals surface area contributed by atoms with Crippen molar-refractivity contribution in [2.75, 3.05) is 11.9 Å². The van der Waals surface area contributed by atoms with Gasteiger partial charge in [-0.25, -0.2) is 9.18 Å². The minimum absolute atomic E-state index is 0.0982. The molecular formula is C19H25FN4O3. The lowest BCUT2D eigenvalue weighted by molar-refractivity contribution is -0.147. The molecule has 27 heavy (non-hydrogen) atoms. The molecule has 146 valence electrons. The number of nitrogens with one attached hydrogen (secondary N) is 3. The molecule has 2 aliphatic rings. The molecule has 7 nitrogen and oxygen atoms in total. The topological polar surface area (TPSA) is 90.5 Å². The zero-order valence-corrected chi connectivity index (χ0v) is 15.7. The molecule has 2 heterocycles. The van der Waals surface area contributed by atoms with Gasteiger partial charge in [-0.3, -0.25) is 9.59 Å². The third-order valence-electron chi connectivity index (χ3n) is 4.99. The Morgan fingerprint density at radius 3 is 2.81 bits per heavy atom. The van der Waals surface area contributed by atoms with Crippen LogP contribution in [0.5, 0.6) is 0 Å². The van der Waals surface area contributed by atoms with E-state index >= 15 is 0 Å². The third-order valence-corrected chi connectivity index (χ3v) is 4.99. The molecule has 1 aromatic carbocycles. The van der Waals surface area contributed by atoms with Gasteiger partial charge in [0.15, 0.2) is 0 Å². The molecule has 2 fully saturated rings. The number of piperazine rings is 1. The van der Waals surface area contributed by atoms with E-state index in [9.17, 15) is 18.8 Å². The minimum Gasteiger partial charge on any atom is -0.342 e. The number of hydrogen-bond acceptors (Lipinski definition) is 3. The molecule has 0 radical (unpaired) electrons. The number of urea groups is 1. The van der Waals surface area contributed by atoms with Crippen LogP contribution in [0.4, 0.5) is 14.9 Å². The molecule has 0 saturated carbocycles. The van der Waals surface area contributed by atoms with Gasteiger partial charge in [0.25, 0.3) is 0 Å². The van der Waals surface area contributed by atoms with Crippen molar-refractivity contribution in [3.8, 4) is 0 Å². The fraction of sp³-hybridized carbons (Fsp3) is 0.526. The van der Waals surface area contributed by atoms with Crippen LogP contribution >= 0.6 is 0 Å². The maximum Gasteiger partial charge on any atom is 0.319 e. The van der Waals surface area contributed by atoms with E-state index in [2.05, 4.69) is 16.0 Å². The van der Waals surface area contributed by atoms with Gasteiger partial charge >= 0.3 is 6.03 Å². The molecule has 3 N–H and O–H groups in total. The molecule has 0 aliphatic carbocycles. The Hall–Kier alpha value is -2.64. The number of anilines is 1. The van der Waals surface area contributed by atoms with Crippen molar-refractivity contribution in [1.82, 2.24) is 15.5 Å². The van der Waals surface area contributed by atoms with Gasteiger partial charge in [-0.05, 0) is 43.4 Å². The van der Waals surface area contributed by atoms with E-state index in [1.165, 1.54) is 12.1 Å². The highest BCUT2D eigenvalue weighted by molar-refractivity contribution is 5.98. The number of carbonyl (C=O) groups excluding carboxylic acids is 3. The first-order valence-electron chi connectivity index (χ1n) is 9.19. The van der Waals surface area contributed by atoms with Crippen LogP contribution in [0.15, 0.2) is 18.2 Å². The van der Waals surface area contributed by atoms with E-state index in [0.717, 1.165) is 5.56 Å². The van der Waals surface area contributed by atoms with Gasteiger partial charge in [0.1, 0.15) is 17.9 Å². The average Bonchev–Trinajstić information content (AvgIpc) is 3.00. The summed E-state index contributed by atoms with van der Waals surface area (Å²) in [5.41, 5.74) is 1.12. The Kier molecular flexibility index (Phi) is 5.34. The summed E-state index contributed by atoms with van der Waals surface area (Å²) < 4.78 is 13.4. The molecule has 0 bridgehead atoms. The summed E-state index contributed by atoms with van der Waals surface area (Å²) in [4.78, 5) is 38.8. The maximum absolute atomic E-state index is 13.4. The molecular weight excluding hydrogens is 351 g/mol. The number of nitrogens with zero attached hydrogens (tertiary/aromatic N) is 1. The first-order valence-corrected chi connectivity index (χ1v) is 9.19. The van der Waals surface area contributed by atoms with E-state index in [-0.39, 0.29) is 23.8 Å². The van der Waals surface area contributed by atoms with Crippen molar-refractivity contribution >= 4 is 23.5 Å². The molecule has 4 amide bonds. The van der Waals surface area contributed by atoms with Gasteiger partial charge in [-0.1, -0.05) is 19.9 Å². The van der Waals surface area contributed by atoms with Crippen LogP contribution in [0.1, 0.15) is 32.3 Å². The zero-order chi connectivity index (χ0) is 19.7. The van der Waals surface area contributed by atoms with Crippen LogP contribution in [0, 0.1) is 18.7 Å². The van der Waals surface area contributed by atoms with Crippen molar-refractivity contribution in [3.05, 3.63) is 29.6 Å². The predicted octanol–water partition coefficient (Wildman–Crippen LogP) is 1.77. The maximum atomic E-state index is 13.4. The number of halogens is 1. The van der Waals surface area contributed by atoms with Crippen molar-refractivity contribution in [2.24, 2.45) is 5.92 Å². The first-order chi connectivity index (χ1) is 12.7. The average molecular weight is 376 g/mol. The fourth-order valence-corrected chi connectivity index (χ4v) is 3.67. The first kappa shape index (κ1) is 19.1.